The number of para-hydroxylation sites is 2. The predicted octanol–water partition coefficient (Wildman–Crippen LogP) is 3.72. The summed E-state index contributed by atoms with van der Waals surface area (Å²) in [5.41, 5.74) is 2.64. The van der Waals surface area contributed by atoms with Gasteiger partial charge >= 0.3 is 0 Å². The van der Waals surface area contributed by atoms with E-state index in [2.05, 4.69) is 15.1 Å². The first-order valence-electron chi connectivity index (χ1n) is 8.17. The number of phenols is 2. The van der Waals surface area contributed by atoms with Crippen molar-refractivity contribution >= 4 is 11.5 Å². The van der Waals surface area contributed by atoms with Crippen molar-refractivity contribution in [1.82, 2.24) is 9.97 Å². The Kier molecular flexibility index (Phi) is 4.84. The van der Waals surface area contributed by atoms with Crippen LogP contribution in [0.3, 0.4) is 0 Å². The molecule has 132 valence electrons. The molecule has 6 heteroatoms. The molecule has 1 aromatic heterocycles. The van der Waals surface area contributed by atoms with Gasteiger partial charge in [-0.3, -0.25) is 5.01 Å². The molecule has 0 spiro atoms. The van der Waals surface area contributed by atoms with Gasteiger partial charge in [-0.2, -0.15) is 5.10 Å². The molecule has 26 heavy (non-hydrogen) atoms. The van der Waals surface area contributed by atoms with Crippen LogP contribution in [-0.4, -0.2) is 32.9 Å². The van der Waals surface area contributed by atoms with E-state index in [1.807, 2.05) is 32.0 Å². The molecule has 0 aliphatic carbocycles. The van der Waals surface area contributed by atoms with E-state index in [-0.39, 0.29) is 11.5 Å². The van der Waals surface area contributed by atoms with Gasteiger partial charge in [-0.15, -0.1) is 0 Å². The number of anilines is 1. The van der Waals surface area contributed by atoms with E-state index >= 15 is 0 Å². The molecular weight excluding hydrogens is 328 g/mol. The van der Waals surface area contributed by atoms with Crippen molar-refractivity contribution < 1.29 is 10.2 Å². The van der Waals surface area contributed by atoms with Gasteiger partial charge in [0, 0.05) is 24.4 Å². The molecule has 6 nitrogen and oxygen atoms in total. The van der Waals surface area contributed by atoms with Crippen LogP contribution in [0.4, 0.5) is 5.82 Å². The molecule has 2 aromatic carbocycles. The number of hydrazone groups is 1. The van der Waals surface area contributed by atoms with Gasteiger partial charge < -0.3 is 10.2 Å². The highest BCUT2D eigenvalue weighted by molar-refractivity contribution is 6.01. The summed E-state index contributed by atoms with van der Waals surface area (Å²) < 4.78 is 0. The number of phenolic OH excluding ortho intramolecular Hbond substituents is 2. The van der Waals surface area contributed by atoms with Gasteiger partial charge in [0.15, 0.2) is 11.6 Å². The average molecular weight is 348 g/mol. The Morgan fingerprint density at radius 2 is 1.62 bits per heavy atom. The van der Waals surface area contributed by atoms with Crippen molar-refractivity contribution in [2.45, 2.75) is 13.8 Å². The SMILES string of the molecule is C/C(=N\N(C)c1cc(C)nc(-c2ccccc2O)n1)c1ccccc1O. The van der Waals surface area contributed by atoms with Crippen LogP contribution in [0.15, 0.2) is 59.7 Å². The van der Waals surface area contributed by atoms with Crippen molar-refractivity contribution in [3.8, 4) is 22.9 Å². The van der Waals surface area contributed by atoms with Crippen molar-refractivity contribution in [3.63, 3.8) is 0 Å². The zero-order chi connectivity index (χ0) is 18.7. The van der Waals surface area contributed by atoms with Gasteiger partial charge in [-0.25, -0.2) is 9.97 Å². The van der Waals surface area contributed by atoms with Crippen molar-refractivity contribution in [1.29, 1.82) is 0 Å². The number of nitrogens with zero attached hydrogens (tertiary/aromatic N) is 4. The Morgan fingerprint density at radius 1 is 0.962 bits per heavy atom. The van der Waals surface area contributed by atoms with Crippen LogP contribution in [-0.2, 0) is 0 Å². The zero-order valence-corrected chi connectivity index (χ0v) is 14.9. The summed E-state index contributed by atoms with van der Waals surface area (Å²) in [6.07, 6.45) is 0. The molecule has 1 heterocycles. The molecule has 0 saturated carbocycles. The summed E-state index contributed by atoms with van der Waals surface area (Å²) in [7, 11) is 1.78. The van der Waals surface area contributed by atoms with Crippen molar-refractivity contribution in [2.24, 2.45) is 5.10 Å². The summed E-state index contributed by atoms with van der Waals surface area (Å²) in [6, 6.07) is 15.8. The fourth-order valence-electron chi connectivity index (χ4n) is 2.61. The van der Waals surface area contributed by atoms with E-state index in [0.29, 0.717) is 28.5 Å². The number of hydrogen-bond acceptors (Lipinski definition) is 6. The maximum absolute atomic E-state index is 10.1. The third-order valence-corrected chi connectivity index (χ3v) is 3.91. The number of rotatable bonds is 4. The van der Waals surface area contributed by atoms with Gasteiger partial charge in [-0.05, 0) is 38.1 Å². The van der Waals surface area contributed by atoms with Gasteiger partial charge in [0.25, 0.3) is 0 Å². The highest BCUT2D eigenvalue weighted by atomic mass is 16.3. The smallest absolute Gasteiger partial charge is 0.165 e. The first kappa shape index (κ1) is 17.4. The number of hydrogen-bond donors (Lipinski definition) is 2. The second kappa shape index (κ2) is 7.23. The average Bonchev–Trinajstić information content (AvgIpc) is 2.61. The number of aryl methyl sites for hydroxylation is 1. The third kappa shape index (κ3) is 3.64. The molecule has 2 N–H and O–H groups in total. The van der Waals surface area contributed by atoms with E-state index in [9.17, 15) is 10.2 Å². The maximum atomic E-state index is 10.1. The quantitative estimate of drug-likeness (QED) is 0.555. The van der Waals surface area contributed by atoms with Crippen LogP contribution in [0.5, 0.6) is 11.5 Å². The van der Waals surface area contributed by atoms with Gasteiger partial charge in [0.2, 0.25) is 0 Å². The molecule has 0 fully saturated rings. The summed E-state index contributed by atoms with van der Waals surface area (Å²) >= 11 is 0. The Labute approximate surface area is 152 Å². The standard InChI is InChI=1S/C20H20N4O2/c1-13-12-19(22-20(21-13)16-9-5-7-11-18(16)26)24(3)23-14(2)15-8-4-6-10-17(15)25/h4-12,25-26H,1-3H3/b23-14+. The van der Waals surface area contributed by atoms with E-state index < -0.39 is 0 Å². The van der Waals surface area contributed by atoms with Crippen LogP contribution in [0, 0.1) is 6.92 Å². The summed E-state index contributed by atoms with van der Waals surface area (Å²) in [5, 5.41) is 26.2. The lowest BCUT2D eigenvalue weighted by molar-refractivity contribution is 0.474. The molecule has 0 aliphatic rings. The van der Waals surface area contributed by atoms with Crippen molar-refractivity contribution in [2.75, 3.05) is 12.1 Å². The van der Waals surface area contributed by atoms with E-state index in [1.165, 1.54) is 0 Å². The summed E-state index contributed by atoms with van der Waals surface area (Å²) in [4.78, 5) is 8.93. The fraction of sp³-hybridized carbons (Fsp3) is 0.150. The molecule has 0 atom stereocenters. The van der Waals surface area contributed by atoms with Crippen LogP contribution in [0.1, 0.15) is 18.2 Å². The molecule has 0 unspecified atom stereocenters. The Morgan fingerprint density at radius 3 is 2.31 bits per heavy atom. The lowest BCUT2D eigenvalue weighted by Gasteiger charge is -2.16. The lowest BCUT2D eigenvalue weighted by atomic mass is 10.1. The third-order valence-electron chi connectivity index (χ3n) is 3.91. The molecular formula is C20H20N4O2. The topological polar surface area (TPSA) is 81.8 Å². The molecule has 0 aliphatic heterocycles. The maximum Gasteiger partial charge on any atom is 0.165 e. The Bertz CT molecular complexity index is 970. The molecule has 0 bridgehead atoms. The van der Waals surface area contributed by atoms with Crippen LogP contribution >= 0.6 is 0 Å². The van der Waals surface area contributed by atoms with Crippen LogP contribution < -0.4 is 5.01 Å². The van der Waals surface area contributed by atoms with Crippen LogP contribution in [0.2, 0.25) is 0 Å². The second-order valence-corrected chi connectivity index (χ2v) is 5.93. The fourth-order valence-corrected chi connectivity index (χ4v) is 2.61. The molecule has 0 saturated heterocycles. The van der Waals surface area contributed by atoms with Gasteiger partial charge in [-0.1, -0.05) is 24.3 Å². The molecule has 3 aromatic rings. The minimum Gasteiger partial charge on any atom is -0.507 e. The highest BCUT2D eigenvalue weighted by Crippen LogP contribution is 2.27. The first-order chi connectivity index (χ1) is 12.5. The van der Waals surface area contributed by atoms with Crippen molar-refractivity contribution in [3.05, 3.63) is 65.9 Å². The van der Waals surface area contributed by atoms with E-state index in [4.69, 9.17) is 0 Å². The largest absolute Gasteiger partial charge is 0.507 e. The Balaban J connectivity index is 1.98. The van der Waals surface area contributed by atoms with E-state index in [0.717, 1.165) is 5.69 Å². The normalized spacial score (nSPS) is 11.4. The molecule has 0 radical (unpaired) electrons. The number of benzene rings is 2. The minimum atomic E-state index is 0.126. The van der Waals surface area contributed by atoms with Gasteiger partial charge in [0.05, 0.1) is 11.3 Å². The number of aromatic hydroxyl groups is 2. The lowest BCUT2D eigenvalue weighted by Crippen LogP contribution is -2.15. The Hall–Kier alpha value is -3.41. The monoisotopic (exact) mass is 348 g/mol. The first-order valence-corrected chi connectivity index (χ1v) is 8.17. The molecule has 0 amide bonds. The summed E-state index contributed by atoms with van der Waals surface area (Å²) in [6.45, 7) is 3.69. The zero-order valence-electron chi connectivity index (χ0n) is 14.9. The van der Waals surface area contributed by atoms with Gasteiger partial charge in [0.1, 0.15) is 11.5 Å². The van der Waals surface area contributed by atoms with Crippen LogP contribution in [0.25, 0.3) is 11.4 Å². The highest BCUT2D eigenvalue weighted by Gasteiger charge is 2.12. The predicted molar refractivity (Wildman–Crippen MR) is 103 cm³/mol. The minimum absolute atomic E-state index is 0.126. The summed E-state index contributed by atoms with van der Waals surface area (Å²) in [5.74, 6) is 1.32. The number of aromatic nitrogens is 2. The molecule has 3 rings (SSSR count). The van der Waals surface area contributed by atoms with E-state index in [1.54, 1.807) is 48.5 Å². The second-order valence-electron chi connectivity index (χ2n) is 5.93.